The van der Waals surface area contributed by atoms with Gasteiger partial charge in [0.15, 0.2) is 5.75 Å². The van der Waals surface area contributed by atoms with Gasteiger partial charge in [-0.05, 0) is 48.9 Å². The average Bonchev–Trinajstić information content (AvgIpc) is 2.58. The predicted octanol–water partition coefficient (Wildman–Crippen LogP) is 4.66. The molecule has 0 bridgehead atoms. The van der Waals surface area contributed by atoms with Gasteiger partial charge in [-0.1, -0.05) is 41.4 Å². The minimum absolute atomic E-state index is 0.135. The maximum absolute atomic E-state index is 12.5. The highest BCUT2D eigenvalue weighted by atomic mass is 79.9. The molecule has 0 N–H and O–H groups in total. The summed E-state index contributed by atoms with van der Waals surface area (Å²) in [7, 11) is -3.57. The molecule has 8 heteroatoms. The number of carbonyl (C=O) groups is 1. The van der Waals surface area contributed by atoms with E-state index < -0.39 is 16.0 Å². The smallest absolute Gasteiger partial charge is 0.343 e. The number of esters is 1. The number of rotatable bonds is 6. The molecule has 0 aliphatic carbocycles. The van der Waals surface area contributed by atoms with Crippen LogP contribution in [0.4, 0.5) is 0 Å². The summed E-state index contributed by atoms with van der Waals surface area (Å²) in [5, 5.41) is 0.311. The van der Waals surface area contributed by atoms with E-state index in [4.69, 9.17) is 16.3 Å². The van der Waals surface area contributed by atoms with Gasteiger partial charge in [0.05, 0.1) is 15.5 Å². The summed E-state index contributed by atoms with van der Waals surface area (Å²) in [6, 6.07) is 9.09. The van der Waals surface area contributed by atoms with Gasteiger partial charge in [-0.25, -0.2) is 13.2 Å². The Kier molecular flexibility index (Phi) is 6.85. The van der Waals surface area contributed by atoms with Gasteiger partial charge >= 0.3 is 5.97 Å². The van der Waals surface area contributed by atoms with E-state index in [9.17, 15) is 13.2 Å². The predicted molar refractivity (Wildman–Crippen MR) is 105 cm³/mol. The Morgan fingerprint density at radius 3 is 2.23 bits per heavy atom. The maximum atomic E-state index is 12.5. The van der Waals surface area contributed by atoms with Crippen LogP contribution in [0.25, 0.3) is 0 Å². The Bertz CT molecular complexity index is 886. The lowest BCUT2D eigenvalue weighted by Gasteiger charge is -2.18. The number of aryl methyl sites for hydroxylation is 1. The third-order valence-electron chi connectivity index (χ3n) is 3.82. The number of nitrogens with zero attached hydrogens (tertiary/aromatic N) is 1. The van der Waals surface area contributed by atoms with Gasteiger partial charge in [0.2, 0.25) is 10.0 Å². The molecule has 2 rings (SSSR count). The molecule has 0 aliphatic rings. The number of carbonyl (C=O) groups excluding carboxylic acids is 1. The van der Waals surface area contributed by atoms with Crippen molar-refractivity contribution in [3.63, 3.8) is 0 Å². The Hall–Kier alpha value is -1.41. The SMILES string of the molecule is CCN(CC)S(=O)(=O)c1ccc(C(=O)Oc2c(C)cc(Br)cc2Cl)cc1. The number of benzene rings is 2. The molecule has 0 spiro atoms. The minimum atomic E-state index is -3.57. The molecular weight excluding hydrogens is 442 g/mol. The topological polar surface area (TPSA) is 63.7 Å². The van der Waals surface area contributed by atoms with Crippen LogP contribution >= 0.6 is 27.5 Å². The molecule has 26 heavy (non-hydrogen) atoms. The van der Waals surface area contributed by atoms with Crippen molar-refractivity contribution in [2.24, 2.45) is 0 Å². The lowest BCUT2D eigenvalue weighted by Crippen LogP contribution is -2.30. The number of sulfonamides is 1. The zero-order chi connectivity index (χ0) is 19.5. The molecule has 0 amide bonds. The zero-order valence-electron chi connectivity index (χ0n) is 14.6. The van der Waals surface area contributed by atoms with Crippen molar-refractivity contribution in [3.05, 3.63) is 57.0 Å². The van der Waals surface area contributed by atoms with Crippen molar-refractivity contribution < 1.29 is 17.9 Å². The molecule has 0 radical (unpaired) electrons. The van der Waals surface area contributed by atoms with Crippen LogP contribution in [0.15, 0.2) is 45.8 Å². The van der Waals surface area contributed by atoms with Crippen molar-refractivity contribution >= 4 is 43.5 Å². The molecular formula is C18H19BrClNO4S. The van der Waals surface area contributed by atoms with Gasteiger partial charge in [-0.2, -0.15) is 4.31 Å². The normalized spacial score (nSPS) is 11.6. The first kappa shape index (κ1) is 20.9. The number of ether oxygens (including phenoxy) is 1. The Balaban J connectivity index is 2.25. The van der Waals surface area contributed by atoms with E-state index in [0.29, 0.717) is 23.7 Å². The first-order valence-corrected chi connectivity index (χ1v) is 10.6. The van der Waals surface area contributed by atoms with Gasteiger partial charge in [0, 0.05) is 17.6 Å². The van der Waals surface area contributed by atoms with Crippen LogP contribution in [0.3, 0.4) is 0 Å². The molecule has 2 aromatic carbocycles. The van der Waals surface area contributed by atoms with Gasteiger partial charge in [-0.15, -0.1) is 0 Å². The van der Waals surface area contributed by atoms with Crippen molar-refractivity contribution in [2.45, 2.75) is 25.7 Å². The van der Waals surface area contributed by atoms with Gasteiger partial charge in [0.1, 0.15) is 0 Å². The summed E-state index contributed by atoms with van der Waals surface area (Å²) in [6.45, 7) is 6.08. The third-order valence-corrected chi connectivity index (χ3v) is 6.62. The van der Waals surface area contributed by atoms with Crippen LogP contribution in [-0.2, 0) is 10.0 Å². The molecule has 0 unspecified atom stereocenters. The van der Waals surface area contributed by atoms with Gasteiger partial charge in [-0.3, -0.25) is 0 Å². The van der Waals surface area contributed by atoms with Crippen LogP contribution in [0.2, 0.25) is 5.02 Å². The van der Waals surface area contributed by atoms with Crippen molar-refractivity contribution in [3.8, 4) is 5.75 Å². The van der Waals surface area contributed by atoms with E-state index in [1.165, 1.54) is 28.6 Å². The fraction of sp³-hybridized carbons (Fsp3) is 0.278. The minimum Gasteiger partial charge on any atom is -0.421 e. The monoisotopic (exact) mass is 459 g/mol. The quantitative estimate of drug-likeness (QED) is 0.464. The number of halogens is 2. The van der Waals surface area contributed by atoms with E-state index >= 15 is 0 Å². The van der Waals surface area contributed by atoms with E-state index in [0.717, 1.165) is 4.47 Å². The number of hydrogen-bond acceptors (Lipinski definition) is 4. The van der Waals surface area contributed by atoms with E-state index in [2.05, 4.69) is 15.9 Å². The van der Waals surface area contributed by atoms with Crippen LogP contribution in [0, 0.1) is 6.92 Å². The summed E-state index contributed by atoms with van der Waals surface area (Å²) in [5.41, 5.74) is 0.945. The molecule has 5 nitrogen and oxygen atoms in total. The molecule has 0 saturated carbocycles. The fourth-order valence-corrected chi connectivity index (χ4v) is 4.91. The van der Waals surface area contributed by atoms with Crippen LogP contribution in [0.5, 0.6) is 5.75 Å². The third kappa shape index (κ3) is 4.46. The second-order valence-corrected chi connectivity index (χ2v) is 8.80. The number of hydrogen-bond donors (Lipinski definition) is 0. The highest BCUT2D eigenvalue weighted by Crippen LogP contribution is 2.32. The lowest BCUT2D eigenvalue weighted by atomic mass is 10.2. The van der Waals surface area contributed by atoms with Crippen LogP contribution in [-0.4, -0.2) is 31.8 Å². The Labute approximate surface area is 167 Å². The highest BCUT2D eigenvalue weighted by molar-refractivity contribution is 9.10. The standard InChI is InChI=1S/C18H19BrClNO4S/c1-4-21(5-2)26(23,24)15-8-6-13(7-9-15)18(22)25-17-12(3)10-14(19)11-16(17)20/h6-11H,4-5H2,1-3H3. The largest absolute Gasteiger partial charge is 0.421 e. The van der Waals surface area contributed by atoms with Crippen LogP contribution < -0.4 is 4.74 Å². The summed E-state index contributed by atoms with van der Waals surface area (Å²) in [6.07, 6.45) is 0. The van der Waals surface area contributed by atoms with Crippen LogP contribution in [0.1, 0.15) is 29.8 Å². The first-order valence-electron chi connectivity index (χ1n) is 7.98. The highest BCUT2D eigenvalue weighted by Gasteiger charge is 2.22. The van der Waals surface area contributed by atoms with E-state index in [1.807, 2.05) is 0 Å². The fourth-order valence-electron chi connectivity index (χ4n) is 2.45. The molecule has 0 aliphatic heterocycles. The van der Waals surface area contributed by atoms with E-state index in [-0.39, 0.29) is 16.2 Å². The molecule has 0 fully saturated rings. The summed E-state index contributed by atoms with van der Waals surface area (Å²) in [5.74, 6) is -0.330. The summed E-state index contributed by atoms with van der Waals surface area (Å²) in [4.78, 5) is 12.5. The molecule has 140 valence electrons. The molecule has 2 aromatic rings. The second-order valence-electron chi connectivity index (χ2n) is 5.54. The van der Waals surface area contributed by atoms with Gasteiger partial charge < -0.3 is 4.74 Å². The summed E-state index contributed by atoms with van der Waals surface area (Å²) < 4.78 is 32.5. The van der Waals surface area contributed by atoms with Gasteiger partial charge in [0.25, 0.3) is 0 Å². The molecule has 0 aromatic heterocycles. The molecule has 0 atom stereocenters. The first-order chi connectivity index (χ1) is 12.2. The lowest BCUT2D eigenvalue weighted by molar-refractivity contribution is 0.0733. The van der Waals surface area contributed by atoms with Crippen molar-refractivity contribution in [2.75, 3.05) is 13.1 Å². The zero-order valence-corrected chi connectivity index (χ0v) is 17.8. The molecule has 0 heterocycles. The molecule has 0 saturated heterocycles. The average molecular weight is 461 g/mol. The maximum Gasteiger partial charge on any atom is 0.343 e. The van der Waals surface area contributed by atoms with E-state index in [1.54, 1.807) is 32.9 Å². The van der Waals surface area contributed by atoms with Crippen molar-refractivity contribution in [1.82, 2.24) is 4.31 Å². The Morgan fingerprint density at radius 1 is 1.15 bits per heavy atom. The van der Waals surface area contributed by atoms with Crippen molar-refractivity contribution in [1.29, 1.82) is 0 Å². The second kappa shape index (κ2) is 8.52. The Morgan fingerprint density at radius 2 is 1.73 bits per heavy atom. The summed E-state index contributed by atoms with van der Waals surface area (Å²) >= 11 is 9.45.